The summed E-state index contributed by atoms with van der Waals surface area (Å²) in [6.07, 6.45) is -10.6. The van der Waals surface area contributed by atoms with Gasteiger partial charge in [-0.25, -0.2) is 0 Å². The Morgan fingerprint density at radius 2 is 2.21 bits per heavy atom. The van der Waals surface area contributed by atoms with Crippen LogP contribution in [0.5, 0.6) is 0 Å². The zero-order valence-electron chi connectivity index (χ0n) is 26.0. The van der Waals surface area contributed by atoms with Gasteiger partial charge in [-0.05, 0) is 49.4 Å². The number of carbonyl (C=O) groups is 1. The molecule has 19 heavy (non-hydrogen) atoms. The minimum absolute atomic E-state index is 0.0475. The van der Waals surface area contributed by atoms with Crippen LogP contribution in [0.25, 0.3) is 0 Å². The second-order valence-corrected chi connectivity index (χ2v) is 3.79. The average Bonchev–Trinajstić information content (AvgIpc) is 2.88. The minimum Gasteiger partial charge on any atom is -0.326 e. The maximum Gasteiger partial charge on any atom is 0.228 e. The number of rotatable bonds is 7. The molecule has 0 bridgehead atoms. The second kappa shape index (κ2) is 6.71. The Morgan fingerprint density at radius 3 is 2.95 bits per heavy atom. The van der Waals surface area contributed by atoms with E-state index in [-0.39, 0.29) is 21.7 Å². The summed E-state index contributed by atoms with van der Waals surface area (Å²) < 4.78 is 125. The molecule has 3 nitrogen and oxygen atoms in total. The lowest BCUT2D eigenvalue weighted by molar-refractivity contribution is -0.115. The summed E-state index contributed by atoms with van der Waals surface area (Å²) in [7, 11) is 0. The van der Waals surface area contributed by atoms with Crippen LogP contribution < -0.4 is 5.32 Å². The van der Waals surface area contributed by atoms with Gasteiger partial charge in [-0.3, -0.25) is 4.79 Å². The van der Waals surface area contributed by atoms with E-state index in [1.165, 1.54) is 18.2 Å². The number of fused-ring (bicyclic) bond motifs is 1. The molecule has 0 saturated carbocycles. The van der Waals surface area contributed by atoms with Crippen LogP contribution in [-0.2, 0) is 17.6 Å². The maximum atomic E-state index is 12.0. The molecule has 1 amide bonds. The van der Waals surface area contributed by atoms with Gasteiger partial charge in [0.15, 0.2) is 0 Å². The highest BCUT2D eigenvalue weighted by Crippen LogP contribution is 2.26. The summed E-state index contributed by atoms with van der Waals surface area (Å²) in [5.74, 6) is -0.986. The van der Waals surface area contributed by atoms with Crippen molar-refractivity contribution in [3.8, 4) is 0 Å². The highest BCUT2D eigenvalue weighted by molar-refractivity contribution is 5.99. The van der Waals surface area contributed by atoms with E-state index in [1.54, 1.807) is 0 Å². The van der Waals surface area contributed by atoms with Gasteiger partial charge in [0.1, 0.15) is 0 Å². The molecular weight excluding hydrogens is 236 g/mol. The monoisotopic (exact) mass is 276 g/mol. The van der Waals surface area contributed by atoms with Crippen molar-refractivity contribution in [1.82, 2.24) is 4.90 Å². The number of amides is 1. The number of benzene rings is 1. The smallest absolute Gasteiger partial charge is 0.228 e. The molecule has 1 N–H and O–H groups in total. The van der Waals surface area contributed by atoms with Crippen LogP contribution in [0.15, 0.2) is 18.2 Å². The molecule has 0 unspecified atom stereocenters. The number of nitrogens with zero attached hydrogens (tertiary/aromatic N) is 1. The van der Waals surface area contributed by atoms with Crippen molar-refractivity contribution >= 4 is 11.6 Å². The van der Waals surface area contributed by atoms with Gasteiger partial charge in [0.25, 0.3) is 0 Å². The first-order chi connectivity index (χ1) is 15.3. The summed E-state index contributed by atoms with van der Waals surface area (Å²) in [6, 6.07) is 4.13. The van der Waals surface area contributed by atoms with Crippen molar-refractivity contribution < 1.29 is 26.7 Å². The number of hydrogen-bond acceptors (Lipinski definition) is 2. The second-order valence-electron chi connectivity index (χ2n) is 3.79. The molecule has 1 heterocycles. The molecule has 2 rings (SSSR count). The van der Waals surface area contributed by atoms with Crippen molar-refractivity contribution in [3.63, 3.8) is 0 Å². The Morgan fingerprint density at radius 1 is 1.42 bits per heavy atom. The largest absolute Gasteiger partial charge is 0.326 e. The van der Waals surface area contributed by atoms with Gasteiger partial charge in [-0.2, -0.15) is 0 Å². The molecular formula is C16H24N2O. The van der Waals surface area contributed by atoms with Crippen LogP contribution >= 0.6 is 0 Å². The summed E-state index contributed by atoms with van der Waals surface area (Å²) in [5.41, 5.74) is -0.0132. The van der Waals surface area contributed by atoms with Crippen molar-refractivity contribution in [2.45, 2.75) is 39.2 Å². The topological polar surface area (TPSA) is 32.3 Å². The van der Waals surface area contributed by atoms with Gasteiger partial charge in [0, 0.05) is 34.2 Å². The average molecular weight is 276 g/mol. The standard InChI is InChI=1S/C16H24N2O/c1-3-9-18(10-4-2)11-8-13-6-5-7-15-14(13)12-16(19)17-15/h5-7H,3-4,8-12H2,1-2H3,(H,17,19)/i1D3,2D3,3D2,4D2,9D2,10D2,12D2. The third kappa shape index (κ3) is 3.57. The van der Waals surface area contributed by atoms with Gasteiger partial charge in [-0.15, -0.1) is 0 Å². The molecule has 0 spiro atoms. The predicted octanol–water partition coefficient (Wildman–Crippen LogP) is 2.85. The van der Waals surface area contributed by atoms with Gasteiger partial charge >= 0.3 is 0 Å². The summed E-state index contributed by atoms with van der Waals surface area (Å²) in [5, 5.41) is 2.32. The molecule has 0 radical (unpaired) electrons. The van der Waals surface area contributed by atoms with Crippen LogP contribution in [0.3, 0.4) is 0 Å². The third-order valence-corrected chi connectivity index (χ3v) is 2.62. The van der Waals surface area contributed by atoms with E-state index in [1.807, 2.05) is 0 Å². The Labute approximate surface area is 138 Å². The summed E-state index contributed by atoms with van der Waals surface area (Å²) in [4.78, 5) is 11.9. The van der Waals surface area contributed by atoms with Crippen LogP contribution in [0.2, 0.25) is 0 Å². The first-order valence-electron chi connectivity index (χ1n) is 13.6. The Kier molecular flexibility index (Phi) is 1.44. The Bertz CT molecular complexity index is 943. The molecule has 1 aliphatic rings. The summed E-state index contributed by atoms with van der Waals surface area (Å²) in [6.45, 7) is -15.8. The first-order valence-corrected chi connectivity index (χ1v) is 5.57. The van der Waals surface area contributed by atoms with E-state index in [4.69, 9.17) is 21.9 Å². The van der Waals surface area contributed by atoms with Crippen molar-refractivity contribution in [2.75, 3.05) is 24.9 Å². The van der Waals surface area contributed by atoms with Gasteiger partial charge < -0.3 is 10.2 Å². The fourth-order valence-corrected chi connectivity index (χ4v) is 1.83. The highest BCUT2D eigenvalue weighted by Gasteiger charge is 2.20. The lowest BCUT2D eigenvalue weighted by Crippen LogP contribution is -2.28. The van der Waals surface area contributed by atoms with Crippen molar-refractivity contribution in [2.24, 2.45) is 0 Å². The van der Waals surface area contributed by atoms with E-state index < -0.39 is 64.7 Å². The first kappa shape index (κ1) is 4.08. The highest BCUT2D eigenvalue weighted by atomic mass is 16.1. The third-order valence-electron chi connectivity index (χ3n) is 2.62. The van der Waals surface area contributed by atoms with E-state index in [0.717, 1.165) is 0 Å². The molecule has 3 heteroatoms. The molecule has 0 aliphatic carbocycles. The molecule has 0 aromatic heterocycles. The van der Waals surface area contributed by atoms with Crippen LogP contribution in [-0.4, -0.2) is 30.3 Å². The fourth-order valence-electron chi connectivity index (χ4n) is 1.83. The zero-order valence-corrected chi connectivity index (χ0v) is 10.0. The van der Waals surface area contributed by atoms with Gasteiger partial charge in [0.2, 0.25) is 5.91 Å². The van der Waals surface area contributed by atoms with Crippen LogP contribution in [0.4, 0.5) is 5.69 Å². The number of anilines is 1. The van der Waals surface area contributed by atoms with Crippen molar-refractivity contribution in [1.29, 1.82) is 0 Å². The van der Waals surface area contributed by atoms with Crippen LogP contribution in [0, 0.1) is 0 Å². The van der Waals surface area contributed by atoms with E-state index in [0.29, 0.717) is 0 Å². The number of hydrogen-bond donors (Lipinski definition) is 1. The summed E-state index contributed by atoms with van der Waals surface area (Å²) >= 11 is 0. The molecule has 1 aliphatic heterocycles. The fraction of sp³-hybridized carbons (Fsp3) is 0.562. The van der Waals surface area contributed by atoms with Gasteiger partial charge in [-0.1, -0.05) is 25.8 Å². The van der Waals surface area contributed by atoms with E-state index in [9.17, 15) is 4.79 Å². The Hall–Kier alpha value is -1.35. The molecule has 1 aromatic carbocycles. The van der Waals surface area contributed by atoms with E-state index in [2.05, 4.69) is 5.32 Å². The molecule has 0 saturated heterocycles. The van der Waals surface area contributed by atoms with Crippen molar-refractivity contribution in [3.05, 3.63) is 29.3 Å². The van der Waals surface area contributed by atoms with E-state index >= 15 is 0 Å². The SMILES string of the molecule is [2H]C1([2H])C(=O)Nc2cccc(CCN(C([2H])([2H])C([2H])([2H])C([2H])([2H])[2H])C([2H])([2H])C([2H])([2H])C([2H])([2H])[2H])c21. The number of nitrogens with one attached hydrogen (secondary N) is 1. The minimum atomic E-state index is -3.79. The molecule has 0 fully saturated rings. The lowest BCUT2D eigenvalue weighted by Gasteiger charge is -2.21. The number of carbonyl (C=O) groups excluding carboxylic acids is 1. The molecule has 104 valence electrons. The zero-order chi connectivity index (χ0) is 27.6. The lowest BCUT2D eigenvalue weighted by atomic mass is 10.0. The predicted molar refractivity (Wildman–Crippen MR) is 79.5 cm³/mol. The molecule has 1 aromatic rings. The normalized spacial score (nSPS) is 33.2. The van der Waals surface area contributed by atoms with Gasteiger partial charge in [0.05, 0.1) is 6.37 Å². The molecule has 0 atom stereocenters. The quantitative estimate of drug-likeness (QED) is 0.830. The Balaban J connectivity index is 2.65. The maximum absolute atomic E-state index is 12.0. The van der Waals surface area contributed by atoms with Crippen LogP contribution in [0.1, 0.15) is 59.5 Å².